The molecule has 0 N–H and O–H groups in total. The summed E-state index contributed by atoms with van der Waals surface area (Å²) in [4.78, 5) is 14.8. The van der Waals surface area contributed by atoms with E-state index in [2.05, 4.69) is 13.8 Å². The van der Waals surface area contributed by atoms with E-state index in [0.717, 1.165) is 62.1 Å². The van der Waals surface area contributed by atoms with Crippen molar-refractivity contribution in [1.29, 1.82) is 0 Å². The molecule has 0 fully saturated rings. The number of hydrogen-bond acceptors (Lipinski definition) is 2. The van der Waals surface area contributed by atoms with Crippen LogP contribution in [0.1, 0.15) is 75.6 Å². The molecule has 0 aliphatic rings. The number of anilines is 1. The van der Waals surface area contributed by atoms with E-state index in [9.17, 15) is 18.0 Å². The zero-order chi connectivity index (χ0) is 23.8. The van der Waals surface area contributed by atoms with Crippen LogP contribution in [0.2, 0.25) is 0 Å². The Hall–Kier alpha value is -2.56. The van der Waals surface area contributed by atoms with Crippen LogP contribution in [0.4, 0.5) is 18.9 Å². The lowest BCUT2D eigenvalue weighted by molar-refractivity contribution is -0.0883. The fourth-order valence-electron chi connectivity index (χ4n) is 4.46. The lowest BCUT2D eigenvalue weighted by Crippen LogP contribution is -2.30. The van der Waals surface area contributed by atoms with Gasteiger partial charge in [0.15, 0.2) is 0 Å². The summed E-state index contributed by atoms with van der Waals surface area (Å²) < 4.78 is 41.3. The van der Waals surface area contributed by atoms with Crippen LogP contribution >= 0.6 is 0 Å². The van der Waals surface area contributed by atoms with Crippen LogP contribution in [-0.2, 0) is 0 Å². The number of unbranched alkanes of at least 4 members (excludes halogenated alkanes) is 6. The van der Waals surface area contributed by atoms with Crippen molar-refractivity contribution in [2.24, 2.45) is 0 Å². The highest BCUT2D eigenvalue weighted by Gasteiger charge is 2.42. The minimum atomic E-state index is -4.93. The number of nitrogens with zero attached hydrogens (tertiary/aromatic N) is 1. The van der Waals surface area contributed by atoms with Gasteiger partial charge in [0.2, 0.25) is 0 Å². The normalized spacial score (nSPS) is 11.9. The van der Waals surface area contributed by atoms with Crippen molar-refractivity contribution in [1.82, 2.24) is 0 Å². The Labute approximate surface area is 194 Å². The molecule has 178 valence electrons. The standard InChI is InChI=1S/C28H34F3NO/c1-3-5-7-11-17-32(18-12-8-6-4-2)25-16-15-23-19-21-13-9-10-14-22(21)20-24(23)26(25)27(33)28(29,30)31/h9-10,13-16,19-20H,3-8,11-12,17-18H2,1-2H3. The number of hydrogen-bond donors (Lipinski definition) is 0. The first-order valence-corrected chi connectivity index (χ1v) is 12.2. The summed E-state index contributed by atoms with van der Waals surface area (Å²) in [7, 11) is 0. The molecule has 0 bridgehead atoms. The Bertz CT molecular complexity index is 1060. The number of ketones is 1. The van der Waals surface area contributed by atoms with Gasteiger partial charge in [-0.25, -0.2) is 0 Å². The van der Waals surface area contributed by atoms with Crippen molar-refractivity contribution in [2.75, 3.05) is 18.0 Å². The van der Waals surface area contributed by atoms with Crippen molar-refractivity contribution in [3.63, 3.8) is 0 Å². The number of fused-ring (bicyclic) bond motifs is 2. The third-order valence-corrected chi connectivity index (χ3v) is 6.25. The van der Waals surface area contributed by atoms with E-state index >= 15 is 0 Å². The fourth-order valence-corrected chi connectivity index (χ4v) is 4.46. The van der Waals surface area contributed by atoms with E-state index < -0.39 is 12.0 Å². The second kappa shape index (κ2) is 11.5. The number of carbonyl (C=O) groups is 1. The fraction of sp³-hybridized carbons (Fsp3) is 0.464. The second-order valence-electron chi connectivity index (χ2n) is 8.82. The van der Waals surface area contributed by atoms with Crippen molar-refractivity contribution in [3.05, 3.63) is 54.1 Å². The first-order valence-electron chi connectivity index (χ1n) is 12.2. The summed E-state index contributed by atoms with van der Waals surface area (Å²) in [6.45, 7) is 5.58. The third kappa shape index (κ3) is 6.27. The lowest BCUT2D eigenvalue weighted by Gasteiger charge is -2.28. The van der Waals surface area contributed by atoms with Gasteiger partial charge in [-0.05, 0) is 52.6 Å². The number of benzene rings is 3. The van der Waals surface area contributed by atoms with E-state index in [1.807, 2.05) is 41.3 Å². The minimum Gasteiger partial charge on any atom is -0.371 e. The Morgan fingerprint density at radius 1 is 0.758 bits per heavy atom. The van der Waals surface area contributed by atoms with Gasteiger partial charge in [-0.2, -0.15) is 13.2 Å². The molecule has 5 heteroatoms. The number of Topliss-reactive ketones (excluding diaryl/α,β-unsaturated/α-hetero) is 1. The Balaban J connectivity index is 2.11. The molecular formula is C28H34F3NO. The van der Waals surface area contributed by atoms with E-state index in [4.69, 9.17) is 0 Å². The summed E-state index contributed by atoms with van der Waals surface area (Å²) in [5.41, 5.74) is 0.199. The largest absolute Gasteiger partial charge is 0.454 e. The van der Waals surface area contributed by atoms with Gasteiger partial charge >= 0.3 is 6.18 Å². The maximum Gasteiger partial charge on any atom is 0.454 e. The summed E-state index contributed by atoms with van der Waals surface area (Å²) in [6.07, 6.45) is 3.32. The Morgan fingerprint density at radius 2 is 1.33 bits per heavy atom. The molecule has 0 amide bonds. The average molecular weight is 458 g/mol. The van der Waals surface area contributed by atoms with Crippen LogP contribution in [0.25, 0.3) is 21.5 Å². The van der Waals surface area contributed by atoms with Crippen molar-refractivity contribution in [2.45, 2.75) is 71.4 Å². The van der Waals surface area contributed by atoms with Crippen LogP contribution in [0, 0.1) is 0 Å². The zero-order valence-corrected chi connectivity index (χ0v) is 19.7. The topological polar surface area (TPSA) is 20.3 Å². The molecule has 0 aliphatic heterocycles. The van der Waals surface area contributed by atoms with Crippen LogP contribution in [-0.4, -0.2) is 25.0 Å². The smallest absolute Gasteiger partial charge is 0.371 e. The molecule has 33 heavy (non-hydrogen) atoms. The van der Waals surface area contributed by atoms with E-state index in [-0.39, 0.29) is 5.56 Å². The SMILES string of the molecule is CCCCCCN(CCCCCC)c1ccc2cc3ccccc3cc2c1C(=O)C(F)(F)F. The Kier molecular flexibility index (Phi) is 8.76. The molecule has 2 nitrogen and oxygen atoms in total. The van der Waals surface area contributed by atoms with Crippen molar-refractivity contribution < 1.29 is 18.0 Å². The van der Waals surface area contributed by atoms with Crippen molar-refractivity contribution >= 4 is 33.0 Å². The van der Waals surface area contributed by atoms with E-state index in [0.29, 0.717) is 29.5 Å². The van der Waals surface area contributed by atoms with E-state index in [1.165, 1.54) is 0 Å². The van der Waals surface area contributed by atoms with Gasteiger partial charge in [0.25, 0.3) is 5.78 Å². The lowest BCUT2D eigenvalue weighted by atomic mass is 9.95. The summed E-state index contributed by atoms with van der Waals surface area (Å²) in [6, 6.07) is 14.7. The predicted octanol–water partition coefficient (Wildman–Crippen LogP) is 8.71. The molecule has 0 radical (unpaired) electrons. The van der Waals surface area contributed by atoms with Crippen LogP contribution in [0.15, 0.2) is 48.5 Å². The summed E-state index contributed by atoms with van der Waals surface area (Å²) in [5.74, 6) is -1.76. The maximum absolute atomic E-state index is 13.8. The van der Waals surface area contributed by atoms with Crippen LogP contribution in [0.5, 0.6) is 0 Å². The number of halogens is 3. The highest BCUT2D eigenvalue weighted by atomic mass is 19.4. The molecule has 3 aromatic carbocycles. The molecule has 0 unspecified atom stereocenters. The number of carbonyl (C=O) groups excluding carboxylic acids is 1. The van der Waals surface area contributed by atoms with E-state index in [1.54, 1.807) is 12.1 Å². The monoisotopic (exact) mass is 457 g/mol. The van der Waals surface area contributed by atoms with Gasteiger partial charge in [-0.1, -0.05) is 82.7 Å². The van der Waals surface area contributed by atoms with Gasteiger partial charge in [-0.15, -0.1) is 0 Å². The molecule has 0 saturated heterocycles. The molecule has 0 heterocycles. The average Bonchev–Trinajstić information content (AvgIpc) is 2.80. The zero-order valence-electron chi connectivity index (χ0n) is 19.7. The molecule has 3 aromatic rings. The molecule has 0 aliphatic carbocycles. The van der Waals surface area contributed by atoms with Crippen LogP contribution in [0.3, 0.4) is 0 Å². The molecule has 3 rings (SSSR count). The second-order valence-corrected chi connectivity index (χ2v) is 8.82. The summed E-state index contributed by atoms with van der Waals surface area (Å²) >= 11 is 0. The quantitative estimate of drug-likeness (QED) is 0.154. The first kappa shape index (κ1) is 25.1. The van der Waals surface area contributed by atoms with Crippen molar-refractivity contribution in [3.8, 4) is 0 Å². The van der Waals surface area contributed by atoms with Gasteiger partial charge in [0.1, 0.15) is 0 Å². The van der Waals surface area contributed by atoms with Crippen LogP contribution < -0.4 is 4.90 Å². The highest BCUT2D eigenvalue weighted by Crippen LogP contribution is 2.36. The number of rotatable bonds is 12. The molecule has 0 atom stereocenters. The van der Waals surface area contributed by atoms with Gasteiger partial charge < -0.3 is 4.90 Å². The Morgan fingerprint density at radius 3 is 1.88 bits per heavy atom. The third-order valence-electron chi connectivity index (χ3n) is 6.25. The van der Waals surface area contributed by atoms with Gasteiger partial charge in [-0.3, -0.25) is 4.79 Å². The molecule has 0 saturated carbocycles. The highest BCUT2D eigenvalue weighted by molar-refractivity contribution is 6.17. The minimum absolute atomic E-state index is 0.211. The summed E-state index contributed by atoms with van der Waals surface area (Å²) in [5, 5.41) is 2.80. The van der Waals surface area contributed by atoms with Gasteiger partial charge in [0.05, 0.1) is 5.56 Å². The predicted molar refractivity (Wildman–Crippen MR) is 132 cm³/mol. The number of alkyl halides is 3. The maximum atomic E-state index is 13.8. The molecular weight excluding hydrogens is 423 g/mol. The molecule has 0 aromatic heterocycles. The first-order chi connectivity index (χ1) is 15.9. The molecule has 0 spiro atoms. The van der Waals surface area contributed by atoms with Gasteiger partial charge in [0, 0.05) is 18.8 Å².